The van der Waals surface area contributed by atoms with Gasteiger partial charge in [0.25, 0.3) is 0 Å². The van der Waals surface area contributed by atoms with Gasteiger partial charge in [0.15, 0.2) is 0 Å². The molecule has 0 saturated carbocycles. The second-order valence-electron chi connectivity index (χ2n) is 8.23. The van der Waals surface area contributed by atoms with Crippen LogP contribution in [-0.4, -0.2) is 24.2 Å². The first kappa shape index (κ1) is 20.4. The second kappa shape index (κ2) is 7.90. The SMILES string of the molecule is CCOC(=O)Cc1c(C)c(F)c2cc(C)ccc2c1-c1ccc2c3c(ccnc13)CCO2. The fraction of sp³-hybridized carbons (Fsp3) is 0.259. The van der Waals surface area contributed by atoms with Crippen molar-refractivity contribution in [1.29, 1.82) is 0 Å². The number of hydrogen-bond donors (Lipinski definition) is 0. The highest BCUT2D eigenvalue weighted by molar-refractivity contribution is 6.08. The van der Waals surface area contributed by atoms with Crippen molar-refractivity contribution in [1.82, 2.24) is 4.98 Å². The summed E-state index contributed by atoms with van der Waals surface area (Å²) >= 11 is 0. The first-order valence-electron chi connectivity index (χ1n) is 10.9. The van der Waals surface area contributed by atoms with Gasteiger partial charge < -0.3 is 9.47 Å². The highest BCUT2D eigenvalue weighted by Crippen LogP contribution is 2.43. The van der Waals surface area contributed by atoms with Gasteiger partial charge in [-0.1, -0.05) is 17.7 Å². The lowest BCUT2D eigenvalue weighted by molar-refractivity contribution is -0.142. The molecule has 1 aliphatic rings. The van der Waals surface area contributed by atoms with E-state index in [9.17, 15) is 4.79 Å². The molecule has 0 fully saturated rings. The quantitative estimate of drug-likeness (QED) is 0.382. The van der Waals surface area contributed by atoms with Crippen LogP contribution in [0.15, 0.2) is 42.6 Å². The van der Waals surface area contributed by atoms with Gasteiger partial charge in [0.2, 0.25) is 0 Å². The molecule has 162 valence electrons. The lowest BCUT2D eigenvalue weighted by atomic mass is 9.86. The number of aryl methyl sites for hydroxylation is 1. The standard InChI is InChI=1S/C27H24FNO3/c1-4-31-23(30)14-20-16(3)26(28)21-13-15(2)5-6-18(21)25(20)19-7-8-22-24-17(10-12-32-22)9-11-29-27(19)24/h5-9,11,13H,4,10,12,14H2,1-3H3. The van der Waals surface area contributed by atoms with Gasteiger partial charge in [0.1, 0.15) is 11.6 Å². The Hall–Kier alpha value is -3.47. The van der Waals surface area contributed by atoms with Gasteiger partial charge in [-0.3, -0.25) is 9.78 Å². The minimum Gasteiger partial charge on any atom is -0.493 e. The van der Waals surface area contributed by atoms with Crippen LogP contribution in [0.4, 0.5) is 4.39 Å². The Balaban J connectivity index is 1.89. The molecule has 5 heteroatoms. The predicted molar refractivity (Wildman–Crippen MR) is 124 cm³/mol. The second-order valence-corrected chi connectivity index (χ2v) is 8.23. The third-order valence-electron chi connectivity index (χ3n) is 6.23. The molecule has 0 bridgehead atoms. The van der Waals surface area contributed by atoms with E-state index in [-0.39, 0.29) is 24.8 Å². The highest BCUT2D eigenvalue weighted by Gasteiger charge is 2.24. The van der Waals surface area contributed by atoms with Gasteiger partial charge in [-0.05, 0) is 72.7 Å². The number of carbonyl (C=O) groups is 1. The number of hydrogen-bond acceptors (Lipinski definition) is 4. The van der Waals surface area contributed by atoms with Crippen molar-refractivity contribution in [2.24, 2.45) is 0 Å². The Kier molecular flexibility index (Phi) is 5.04. The largest absolute Gasteiger partial charge is 0.493 e. The van der Waals surface area contributed by atoms with Crippen LogP contribution in [0.5, 0.6) is 5.75 Å². The molecule has 2 heterocycles. The van der Waals surface area contributed by atoms with Gasteiger partial charge in [0, 0.05) is 29.0 Å². The molecule has 0 saturated heterocycles. The Morgan fingerprint density at radius 2 is 2.00 bits per heavy atom. The molecule has 5 rings (SSSR count). The van der Waals surface area contributed by atoms with Crippen molar-refractivity contribution >= 4 is 27.6 Å². The van der Waals surface area contributed by atoms with E-state index in [0.29, 0.717) is 23.1 Å². The van der Waals surface area contributed by atoms with E-state index >= 15 is 4.39 Å². The van der Waals surface area contributed by atoms with Crippen molar-refractivity contribution in [2.45, 2.75) is 33.6 Å². The molecule has 0 aliphatic carbocycles. The topological polar surface area (TPSA) is 48.4 Å². The maximum Gasteiger partial charge on any atom is 0.310 e. The summed E-state index contributed by atoms with van der Waals surface area (Å²) in [5.74, 6) is 0.136. The fourth-order valence-electron chi connectivity index (χ4n) is 4.73. The third-order valence-corrected chi connectivity index (χ3v) is 6.23. The van der Waals surface area contributed by atoms with Gasteiger partial charge in [-0.25, -0.2) is 4.39 Å². The summed E-state index contributed by atoms with van der Waals surface area (Å²) in [4.78, 5) is 17.2. The average molecular weight is 429 g/mol. The number of halogens is 1. The summed E-state index contributed by atoms with van der Waals surface area (Å²) in [6.45, 7) is 6.37. The van der Waals surface area contributed by atoms with Gasteiger partial charge in [0.05, 0.1) is 25.2 Å². The van der Waals surface area contributed by atoms with E-state index < -0.39 is 0 Å². The molecular formula is C27H24FNO3. The lowest BCUT2D eigenvalue weighted by Gasteiger charge is -2.22. The number of esters is 1. The van der Waals surface area contributed by atoms with E-state index in [2.05, 4.69) is 0 Å². The molecular weight excluding hydrogens is 405 g/mol. The van der Waals surface area contributed by atoms with Crippen LogP contribution >= 0.6 is 0 Å². The number of benzene rings is 3. The smallest absolute Gasteiger partial charge is 0.310 e. The molecule has 0 radical (unpaired) electrons. The van der Waals surface area contributed by atoms with E-state index in [1.54, 1.807) is 13.8 Å². The summed E-state index contributed by atoms with van der Waals surface area (Å²) in [6.07, 6.45) is 2.62. The van der Waals surface area contributed by atoms with Crippen LogP contribution in [0.25, 0.3) is 32.8 Å². The number of fused-ring (bicyclic) bond motifs is 1. The van der Waals surface area contributed by atoms with E-state index in [4.69, 9.17) is 14.5 Å². The molecule has 32 heavy (non-hydrogen) atoms. The van der Waals surface area contributed by atoms with Crippen LogP contribution in [0.3, 0.4) is 0 Å². The van der Waals surface area contributed by atoms with Crippen molar-refractivity contribution in [2.75, 3.05) is 13.2 Å². The maximum atomic E-state index is 15.5. The summed E-state index contributed by atoms with van der Waals surface area (Å²) in [6, 6.07) is 11.7. The predicted octanol–water partition coefficient (Wildman–Crippen LogP) is 5.85. The Morgan fingerprint density at radius 1 is 1.16 bits per heavy atom. The fourth-order valence-corrected chi connectivity index (χ4v) is 4.73. The molecule has 0 unspecified atom stereocenters. The normalized spacial score (nSPS) is 12.8. The molecule has 4 aromatic rings. The average Bonchev–Trinajstić information content (AvgIpc) is 2.79. The van der Waals surface area contributed by atoms with Crippen LogP contribution < -0.4 is 4.74 Å². The zero-order valence-electron chi connectivity index (χ0n) is 18.4. The van der Waals surface area contributed by atoms with Crippen molar-refractivity contribution in [3.8, 4) is 16.9 Å². The van der Waals surface area contributed by atoms with Crippen molar-refractivity contribution in [3.63, 3.8) is 0 Å². The number of ether oxygens (including phenoxy) is 2. The van der Waals surface area contributed by atoms with E-state index in [0.717, 1.165) is 45.1 Å². The number of aromatic nitrogens is 1. The minimum atomic E-state index is -0.373. The molecule has 3 aromatic carbocycles. The Bertz CT molecular complexity index is 1380. The molecule has 1 aliphatic heterocycles. The molecule has 1 aromatic heterocycles. The number of nitrogens with zero attached hydrogens (tertiary/aromatic N) is 1. The third kappa shape index (κ3) is 3.20. The lowest BCUT2D eigenvalue weighted by Crippen LogP contribution is -2.12. The number of rotatable bonds is 4. The molecule has 4 nitrogen and oxygen atoms in total. The molecule has 0 atom stereocenters. The Labute approximate surface area is 186 Å². The maximum absolute atomic E-state index is 15.5. The molecule has 0 spiro atoms. The van der Waals surface area contributed by atoms with Crippen LogP contribution in [0, 0.1) is 19.7 Å². The van der Waals surface area contributed by atoms with E-state index in [1.165, 1.54) is 5.56 Å². The van der Waals surface area contributed by atoms with Gasteiger partial charge in [-0.2, -0.15) is 0 Å². The first-order valence-corrected chi connectivity index (χ1v) is 10.9. The van der Waals surface area contributed by atoms with Crippen LogP contribution in [0.2, 0.25) is 0 Å². The zero-order valence-corrected chi connectivity index (χ0v) is 18.4. The van der Waals surface area contributed by atoms with Crippen LogP contribution in [0.1, 0.15) is 29.2 Å². The first-order chi connectivity index (χ1) is 15.5. The van der Waals surface area contributed by atoms with E-state index in [1.807, 2.05) is 49.5 Å². The van der Waals surface area contributed by atoms with Gasteiger partial charge in [-0.15, -0.1) is 0 Å². The summed E-state index contributed by atoms with van der Waals surface area (Å²) in [5, 5.41) is 2.29. The van der Waals surface area contributed by atoms with Crippen molar-refractivity contribution in [3.05, 3.63) is 70.7 Å². The Morgan fingerprint density at radius 3 is 2.81 bits per heavy atom. The summed E-state index contributed by atoms with van der Waals surface area (Å²) in [7, 11) is 0. The summed E-state index contributed by atoms with van der Waals surface area (Å²) < 4.78 is 26.6. The van der Waals surface area contributed by atoms with Crippen LogP contribution in [-0.2, 0) is 22.4 Å². The number of pyridine rings is 1. The zero-order chi connectivity index (χ0) is 22.4. The van der Waals surface area contributed by atoms with Gasteiger partial charge >= 0.3 is 5.97 Å². The number of carbonyl (C=O) groups excluding carboxylic acids is 1. The summed E-state index contributed by atoms with van der Waals surface area (Å²) in [5.41, 5.74) is 5.76. The van der Waals surface area contributed by atoms with Crippen molar-refractivity contribution < 1.29 is 18.7 Å². The molecule has 0 amide bonds. The minimum absolute atomic E-state index is 0.00478. The highest BCUT2D eigenvalue weighted by atomic mass is 19.1. The monoisotopic (exact) mass is 429 g/mol. The molecule has 0 N–H and O–H groups in total.